The second-order valence-electron chi connectivity index (χ2n) is 6.60. The van der Waals surface area contributed by atoms with Gasteiger partial charge in [0, 0.05) is 29.4 Å². The molecule has 2 heterocycles. The molecule has 0 aliphatic carbocycles. The number of nitrogens with zero attached hydrogens (tertiary/aromatic N) is 3. The molecule has 0 aliphatic heterocycles. The Balaban J connectivity index is 2.35. The van der Waals surface area contributed by atoms with Gasteiger partial charge in [-0.2, -0.15) is 5.10 Å². The predicted octanol–water partition coefficient (Wildman–Crippen LogP) is 4.05. The molecule has 3 aromatic rings. The number of hydrogen-bond acceptors (Lipinski definition) is 3. The highest BCUT2D eigenvalue weighted by Crippen LogP contribution is 2.30. The molecule has 0 amide bonds. The highest BCUT2D eigenvalue weighted by molar-refractivity contribution is 6.17. The van der Waals surface area contributed by atoms with Crippen LogP contribution in [0.5, 0.6) is 0 Å². The number of ketones is 1. The standard InChI is InChI=1S/C20H23N3O/c1-10-8-9-16(19-17(10)12(3)11(2)13(4)21-19)20(24)18-14(5)22-23(7)15(18)6/h8-9H,1-7H3. The summed E-state index contributed by atoms with van der Waals surface area (Å²) in [5.41, 5.74) is 8.27. The Bertz CT molecular complexity index is 996. The van der Waals surface area contributed by atoms with Crippen LogP contribution >= 0.6 is 0 Å². The van der Waals surface area contributed by atoms with Crippen LogP contribution < -0.4 is 0 Å². The van der Waals surface area contributed by atoms with Crippen molar-refractivity contribution < 1.29 is 4.79 Å². The molecular formula is C20H23N3O. The number of benzene rings is 1. The fourth-order valence-corrected chi connectivity index (χ4v) is 3.41. The molecule has 124 valence electrons. The fourth-order valence-electron chi connectivity index (χ4n) is 3.41. The molecule has 0 saturated heterocycles. The molecule has 4 nitrogen and oxygen atoms in total. The van der Waals surface area contributed by atoms with Crippen LogP contribution in [0.1, 0.15) is 49.7 Å². The molecule has 0 radical (unpaired) electrons. The summed E-state index contributed by atoms with van der Waals surface area (Å²) in [6.45, 7) is 12.1. The monoisotopic (exact) mass is 321 g/mol. The van der Waals surface area contributed by atoms with Gasteiger partial charge in [0.25, 0.3) is 0 Å². The summed E-state index contributed by atoms with van der Waals surface area (Å²) in [7, 11) is 1.86. The van der Waals surface area contributed by atoms with E-state index in [0.29, 0.717) is 11.1 Å². The van der Waals surface area contributed by atoms with Crippen molar-refractivity contribution in [2.45, 2.75) is 41.5 Å². The first-order chi connectivity index (χ1) is 11.2. The van der Waals surface area contributed by atoms with Crippen LogP contribution in [0.25, 0.3) is 10.9 Å². The first-order valence-electron chi connectivity index (χ1n) is 8.16. The minimum absolute atomic E-state index is 0.00162. The van der Waals surface area contributed by atoms with Crippen molar-refractivity contribution in [1.82, 2.24) is 14.8 Å². The average Bonchev–Trinajstić information content (AvgIpc) is 2.77. The number of fused-ring (bicyclic) bond motifs is 1. The van der Waals surface area contributed by atoms with Gasteiger partial charge in [0.15, 0.2) is 5.78 Å². The smallest absolute Gasteiger partial charge is 0.198 e. The van der Waals surface area contributed by atoms with E-state index in [1.54, 1.807) is 4.68 Å². The molecule has 24 heavy (non-hydrogen) atoms. The second kappa shape index (κ2) is 5.55. The van der Waals surface area contributed by atoms with Crippen molar-refractivity contribution in [3.63, 3.8) is 0 Å². The number of aromatic nitrogens is 3. The maximum atomic E-state index is 13.2. The molecular weight excluding hydrogens is 298 g/mol. The Hall–Kier alpha value is -2.49. The first kappa shape index (κ1) is 16.4. The van der Waals surface area contributed by atoms with E-state index in [1.807, 2.05) is 40.0 Å². The molecule has 2 aromatic heterocycles. The summed E-state index contributed by atoms with van der Waals surface area (Å²) < 4.78 is 1.76. The van der Waals surface area contributed by atoms with Gasteiger partial charge in [-0.25, -0.2) is 0 Å². The van der Waals surface area contributed by atoms with E-state index in [0.717, 1.165) is 33.5 Å². The summed E-state index contributed by atoms with van der Waals surface area (Å²) >= 11 is 0. The van der Waals surface area contributed by atoms with Gasteiger partial charge >= 0.3 is 0 Å². The SMILES string of the molecule is Cc1nc2c(C(=O)c3c(C)nn(C)c3C)ccc(C)c2c(C)c1C. The quantitative estimate of drug-likeness (QED) is 0.669. The van der Waals surface area contributed by atoms with Crippen molar-refractivity contribution >= 4 is 16.7 Å². The molecule has 0 unspecified atom stereocenters. The number of carbonyl (C=O) groups excluding carboxylic acids is 1. The summed E-state index contributed by atoms with van der Waals surface area (Å²) in [5.74, 6) is -0.00162. The zero-order chi connectivity index (χ0) is 17.8. The largest absolute Gasteiger partial charge is 0.288 e. The minimum atomic E-state index is -0.00162. The van der Waals surface area contributed by atoms with Gasteiger partial charge in [-0.15, -0.1) is 0 Å². The Labute approximate surface area is 142 Å². The summed E-state index contributed by atoms with van der Waals surface area (Å²) in [5, 5.41) is 5.47. The minimum Gasteiger partial charge on any atom is -0.288 e. The maximum absolute atomic E-state index is 13.2. The number of aryl methyl sites for hydroxylation is 5. The number of rotatable bonds is 2. The highest BCUT2D eigenvalue weighted by atomic mass is 16.1. The molecule has 0 N–H and O–H groups in total. The molecule has 4 heteroatoms. The number of hydrogen-bond donors (Lipinski definition) is 0. The highest BCUT2D eigenvalue weighted by Gasteiger charge is 2.22. The van der Waals surface area contributed by atoms with Gasteiger partial charge in [0.2, 0.25) is 0 Å². The van der Waals surface area contributed by atoms with Gasteiger partial charge in [0.05, 0.1) is 16.8 Å². The molecule has 0 bridgehead atoms. The molecule has 0 spiro atoms. The van der Waals surface area contributed by atoms with Gasteiger partial charge in [0.1, 0.15) is 0 Å². The van der Waals surface area contributed by atoms with Crippen LogP contribution in [-0.4, -0.2) is 20.5 Å². The third-order valence-electron chi connectivity index (χ3n) is 5.13. The lowest BCUT2D eigenvalue weighted by Crippen LogP contribution is -2.08. The zero-order valence-corrected chi connectivity index (χ0v) is 15.4. The first-order valence-corrected chi connectivity index (χ1v) is 8.16. The lowest BCUT2D eigenvalue weighted by molar-refractivity contribution is 0.103. The van der Waals surface area contributed by atoms with Crippen LogP contribution in [-0.2, 0) is 7.05 Å². The maximum Gasteiger partial charge on any atom is 0.198 e. The third kappa shape index (κ3) is 2.25. The second-order valence-corrected chi connectivity index (χ2v) is 6.60. The van der Waals surface area contributed by atoms with E-state index in [2.05, 4.69) is 25.9 Å². The predicted molar refractivity (Wildman–Crippen MR) is 96.8 cm³/mol. The van der Waals surface area contributed by atoms with Crippen LogP contribution in [0.2, 0.25) is 0 Å². The van der Waals surface area contributed by atoms with Crippen molar-refractivity contribution in [1.29, 1.82) is 0 Å². The van der Waals surface area contributed by atoms with Crippen LogP contribution in [0.15, 0.2) is 12.1 Å². The third-order valence-corrected chi connectivity index (χ3v) is 5.13. The van der Waals surface area contributed by atoms with Crippen LogP contribution in [0.3, 0.4) is 0 Å². The molecule has 1 aromatic carbocycles. The van der Waals surface area contributed by atoms with E-state index in [4.69, 9.17) is 4.98 Å². The van der Waals surface area contributed by atoms with Gasteiger partial charge in [-0.1, -0.05) is 6.07 Å². The van der Waals surface area contributed by atoms with E-state index in [-0.39, 0.29) is 5.78 Å². The summed E-state index contributed by atoms with van der Waals surface area (Å²) in [6, 6.07) is 3.91. The fraction of sp³-hybridized carbons (Fsp3) is 0.350. The lowest BCUT2D eigenvalue weighted by Gasteiger charge is -2.14. The van der Waals surface area contributed by atoms with Crippen LogP contribution in [0, 0.1) is 41.5 Å². The molecule has 0 saturated carbocycles. The van der Waals surface area contributed by atoms with Crippen molar-refractivity contribution in [3.8, 4) is 0 Å². The topological polar surface area (TPSA) is 47.8 Å². The van der Waals surface area contributed by atoms with Gasteiger partial charge < -0.3 is 0 Å². The van der Waals surface area contributed by atoms with Gasteiger partial charge in [-0.3, -0.25) is 14.5 Å². The molecule has 0 aliphatic rings. The van der Waals surface area contributed by atoms with E-state index < -0.39 is 0 Å². The Kier molecular flexibility index (Phi) is 3.78. The Morgan fingerprint density at radius 2 is 1.62 bits per heavy atom. The van der Waals surface area contributed by atoms with Gasteiger partial charge in [-0.05, 0) is 64.3 Å². The van der Waals surface area contributed by atoms with Crippen molar-refractivity contribution in [2.75, 3.05) is 0 Å². The normalized spacial score (nSPS) is 11.3. The summed E-state index contributed by atoms with van der Waals surface area (Å²) in [6.07, 6.45) is 0. The van der Waals surface area contributed by atoms with Crippen LogP contribution in [0.4, 0.5) is 0 Å². The van der Waals surface area contributed by atoms with E-state index >= 15 is 0 Å². The Morgan fingerprint density at radius 1 is 0.958 bits per heavy atom. The number of pyridine rings is 1. The van der Waals surface area contributed by atoms with E-state index in [9.17, 15) is 4.79 Å². The molecule has 0 fully saturated rings. The zero-order valence-electron chi connectivity index (χ0n) is 15.4. The summed E-state index contributed by atoms with van der Waals surface area (Å²) in [4.78, 5) is 18.0. The number of carbonyl (C=O) groups is 1. The lowest BCUT2D eigenvalue weighted by atomic mass is 9.93. The van der Waals surface area contributed by atoms with Crippen molar-refractivity contribution in [3.05, 3.63) is 57.0 Å². The molecule has 0 atom stereocenters. The van der Waals surface area contributed by atoms with Crippen molar-refractivity contribution in [2.24, 2.45) is 7.05 Å². The Morgan fingerprint density at radius 3 is 2.21 bits per heavy atom. The van der Waals surface area contributed by atoms with E-state index in [1.165, 1.54) is 11.1 Å². The average molecular weight is 321 g/mol. The molecule has 3 rings (SSSR count).